The number of aromatic nitrogens is 1. The van der Waals surface area contributed by atoms with Crippen molar-refractivity contribution in [1.29, 1.82) is 0 Å². The van der Waals surface area contributed by atoms with Crippen molar-refractivity contribution in [1.82, 2.24) is 9.88 Å². The number of piperidine rings is 1. The van der Waals surface area contributed by atoms with Crippen LogP contribution in [0, 0.1) is 6.92 Å². The van der Waals surface area contributed by atoms with Gasteiger partial charge in [-0.25, -0.2) is 4.98 Å². The maximum Gasteiger partial charge on any atom is 0.249 e. The Bertz CT molecular complexity index is 641. The molecule has 0 bridgehead atoms. The van der Waals surface area contributed by atoms with Crippen LogP contribution in [0.15, 0.2) is 35.7 Å². The van der Waals surface area contributed by atoms with Gasteiger partial charge in [0.2, 0.25) is 5.91 Å². The average molecular weight is 330 g/mol. The number of carbonyl (C=O) groups excluding carboxylic acids is 1. The van der Waals surface area contributed by atoms with Crippen LogP contribution >= 0.6 is 11.3 Å². The quantitative estimate of drug-likeness (QED) is 0.839. The molecule has 1 fully saturated rings. The molecule has 4 nitrogen and oxygen atoms in total. The number of likely N-dealkylation sites (tertiary alicyclic amines) is 1. The second-order valence-electron chi connectivity index (χ2n) is 5.90. The van der Waals surface area contributed by atoms with E-state index < -0.39 is 0 Å². The molecule has 1 amide bonds. The van der Waals surface area contributed by atoms with E-state index in [9.17, 15) is 4.79 Å². The predicted molar refractivity (Wildman–Crippen MR) is 91.3 cm³/mol. The summed E-state index contributed by atoms with van der Waals surface area (Å²) in [5.74, 6) is 0.0680. The topological polar surface area (TPSA) is 42.4 Å². The van der Waals surface area contributed by atoms with Crippen molar-refractivity contribution in [3.05, 3.63) is 52.0 Å². The number of ether oxygens (including phenoxy) is 1. The largest absolute Gasteiger partial charge is 0.367 e. The van der Waals surface area contributed by atoms with Crippen molar-refractivity contribution in [3.63, 3.8) is 0 Å². The van der Waals surface area contributed by atoms with Gasteiger partial charge in [0.05, 0.1) is 12.6 Å². The minimum absolute atomic E-state index is 0.0680. The van der Waals surface area contributed by atoms with E-state index in [-0.39, 0.29) is 18.6 Å². The summed E-state index contributed by atoms with van der Waals surface area (Å²) in [6, 6.07) is 10.1. The Morgan fingerprint density at radius 3 is 2.91 bits per heavy atom. The lowest BCUT2D eigenvalue weighted by Crippen LogP contribution is -2.40. The highest BCUT2D eigenvalue weighted by atomic mass is 32.1. The van der Waals surface area contributed by atoms with Crippen LogP contribution in [0.5, 0.6) is 0 Å². The summed E-state index contributed by atoms with van der Waals surface area (Å²) in [6.45, 7) is 3.41. The fourth-order valence-electron chi connectivity index (χ4n) is 2.93. The van der Waals surface area contributed by atoms with Gasteiger partial charge in [-0.15, -0.1) is 11.3 Å². The van der Waals surface area contributed by atoms with Crippen molar-refractivity contribution in [2.45, 2.75) is 38.8 Å². The average Bonchev–Trinajstić information content (AvgIpc) is 3.02. The number of aryl methyl sites for hydroxylation is 1. The van der Waals surface area contributed by atoms with Crippen molar-refractivity contribution >= 4 is 17.2 Å². The molecule has 0 radical (unpaired) electrons. The Morgan fingerprint density at radius 1 is 1.35 bits per heavy atom. The van der Waals surface area contributed by atoms with E-state index in [0.717, 1.165) is 42.1 Å². The van der Waals surface area contributed by atoms with E-state index in [2.05, 4.69) is 10.4 Å². The zero-order valence-corrected chi connectivity index (χ0v) is 14.2. The number of hydrogen-bond acceptors (Lipinski definition) is 4. The van der Waals surface area contributed by atoms with Gasteiger partial charge in [0, 0.05) is 17.6 Å². The van der Waals surface area contributed by atoms with Gasteiger partial charge >= 0.3 is 0 Å². The van der Waals surface area contributed by atoms with Gasteiger partial charge < -0.3 is 9.64 Å². The molecular formula is C18H22N2O2S. The van der Waals surface area contributed by atoms with E-state index in [1.807, 2.05) is 42.2 Å². The molecule has 2 heterocycles. The Morgan fingerprint density at radius 2 is 2.17 bits per heavy atom. The first-order valence-corrected chi connectivity index (χ1v) is 8.95. The third-order valence-corrected chi connectivity index (χ3v) is 5.15. The van der Waals surface area contributed by atoms with Crippen molar-refractivity contribution in [2.24, 2.45) is 0 Å². The smallest absolute Gasteiger partial charge is 0.249 e. The Labute approximate surface area is 141 Å². The first kappa shape index (κ1) is 16.1. The van der Waals surface area contributed by atoms with Crippen molar-refractivity contribution < 1.29 is 9.53 Å². The van der Waals surface area contributed by atoms with Crippen LogP contribution in [0.1, 0.15) is 41.6 Å². The second kappa shape index (κ2) is 7.70. The molecule has 0 aliphatic carbocycles. The monoisotopic (exact) mass is 330 g/mol. The lowest BCUT2D eigenvalue weighted by atomic mass is 10.0. The predicted octanol–water partition coefficient (Wildman–Crippen LogP) is 3.72. The zero-order valence-electron chi connectivity index (χ0n) is 13.4. The highest BCUT2D eigenvalue weighted by Gasteiger charge is 2.29. The van der Waals surface area contributed by atoms with Gasteiger partial charge in [0.25, 0.3) is 0 Å². The molecule has 23 heavy (non-hydrogen) atoms. The van der Waals surface area contributed by atoms with Crippen LogP contribution in [0.2, 0.25) is 0 Å². The summed E-state index contributed by atoms with van der Waals surface area (Å²) in [7, 11) is 0. The number of rotatable bonds is 5. The first-order chi connectivity index (χ1) is 11.2. The van der Waals surface area contributed by atoms with E-state index in [0.29, 0.717) is 6.61 Å². The second-order valence-corrected chi connectivity index (χ2v) is 6.79. The SMILES string of the molecule is Cc1csc([C@H]2CCCCN2C(=O)COCc2ccccc2)n1. The van der Waals surface area contributed by atoms with E-state index in [4.69, 9.17) is 4.74 Å². The number of amides is 1. The molecule has 0 N–H and O–H groups in total. The molecule has 1 aliphatic rings. The number of nitrogens with zero attached hydrogens (tertiary/aromatic N) is 2. The van der Waals surface area contributed by atoms with Crippen LogP contribution in [-0.4, -0.2) is 28.9 Å². The highest BCUT2D eigenvalue weighted by Crippen LogP contribution is 2.32. The van der Waals surface area contributed by atoms with Gasteiger partial charge in [-0.05, 0) is 31.7 Å². The summed E-state index contributed by atoms with van der Waals surface area (Å²) in [5, 5.41) is 3.11. The van der Waals surface area contributed by atoms with E-state index in [1.54, 1.807) is 11.3 Å². The van der Waals surface area contributed by atoms with E-state index >= 15 is 0 Å². The van der Waals surface area contributed by atoms with Gasteiger partial charge in [0.1, 0.15) is 11.6 Å². The van der Waals surface area contributed by atoms with Gasteiger partial charge in [-0.1, -0.05) is 30.3 Å². The Kier molecular flexibility index (Phi) is 5.41. The molecule has 0 spiro atoms. The number of hydrogen-bond donors (Lipinski definition) is 0. The van der Waals surface area contributed by atoms with Crippen LogP contribution in [0.25, 0.3) is 0 Å². The van der Waals surface area contributed by atoms with Crippen molar-refractivity contribution in [3.8, 4) is 0 Å². The van der Waals surface area contributed by atoms with Gasteiger partial charge in [0.15, 0.2) is 0 Å². The maximum atomic E-state index is 12.6. The van der Waals surface area contributed by atoms with Crippen LogP contribution in [-0.2, 0) is 16.1 Å². The minimum Gasteiger partial charge on any atom is -0.367 e. The van der Waals surface area contributed by atoms with Gasteiger partial charge in [-0.2, -0.15) is 0 Å². The molecule has 3 rings (SSSR count). The van der Waals surface area contributed by atoms with Crippen LogP contribution in [0.4, 0.5) is 0 Å². The first-order valence-electron chi connectivity index (χ1n) is 8.07. The molecule has 1 atom stereocenters. The molecule has 0 unspecified atom stereocenters. The molecule has 1 aliphatic heterocycles. The Hall–Kier alpha value is -1.72. The Balaban J connectivity index is 1.58. The fourth-order valence-corrected chi connectivity index (χ4v) is 3.87. The minimum atomic E-state index is 0.0680. The third kappa shape index (κ3) is 4.18. The standard InChI is InChI=1S/C18H22N2O2S/c1-14-13-23-18(19-14)16-9-5-6-10-20(16)17(21)12-22-11-15-7-3-2-4-8-15/h2-4,7-8,13,16H,5-6,9-12H2,1H3/t16-/m1/s1. The zero-order chi connectivity index (χ0) is 16.1. The number of carbonyl (C=O) groups is 1. The third-order valence-electron chi connectivity index (χ3n) is 4.08. The van der Waals surface area contributed by atoms with Crippen LogP contribution in [0.3, 0.4) is 0 Å². The molecule has 122 valence electrons. The maximum absolute atomic E-state index is 12.6. The number of thiazole rings is 1. The summed E-state index contributed by atoms with van der Waals surface area (Å²) >= 11 is 1.65. The summed E-state index contributed by atoms with van der Waals surface area (Å²) in [5.41, 5.74) is 2.12. The highest BCUT2D eigenvalue weighted by molar-refractivity contribution is 7.09. The molecule has 1 aromatic heterocycles. The molecule has 2 aromatic rings. The van der Waals surface area contributed by atoms with Gasteiger partial charge in [-0.3, -0.25) is 4.79 Å². The fraction of sp³-hybridized carbons (Fsp3) is 0.444. The summed E-state index contributed by atoms with van der Waals surface area (Å²) in [4.78, 5) is 19.1. The lowest BCUT2D eigenvalue weighted by Gasteiger charge is -2.34. The van der Waals surface area contributed by atoms with Crippen LogP contribution < -0.4 is 0 Å². The summed E-state index contributed by atoms with van der Waals surface area (Å²) < 4.78 is 5.62. The molecule has 1 saturated heterocycles. The molecule has 5 heteroatoms. The molecule has 0 saturated carbocycles. The number of benzene rings is 1. The normalized spacial score (nSPS) is 18.1. The summed E-state index contributed by atoms with van der Waals surface area (Å²) in [6.07, 6.45) is 3.21. The lowest BCUT2D eigenvalue weighted by molar-refractivity contribution is -0.140. The molecule has 1 aromatic carbocycles. The molecular weight excluding hydrogens is 308 g/mol. The van der Waals surface area contributed by atoms with Crippen molar-refractivity contribution in [2.75, 3.05) is 13.2 Å². The van der Waals surface area contributed by atoms with E-state index in [1.165, 1.54) is 0 Å².